The second-order valence-electron chi connectivity index (χ2n) is 9.16. The number of hydrogen-bond acceptors (Lipinski definition) is 3. The zero-order chi connectivity index (χ0) is 25.7. The van der Waals surface area contributed by atoms with Gasteiger partial charge in [0.2, 0.25) is 11.8 Å². The smallest absolute Gasteiger partial charge is 0.259 e. The van der Waals surface area contributed by atoms with E-state index >= 15 is 4.39 Å². The van der Waals surface area contributed by atoms with Crippen LogP contribution in [0.4, 0.5) is 10.1 Å². The molecule has 3 amide bonds. The third-order valence-electron chi connectivity index (χ3n) is 6.78. The van der Waals surface area contributed by atoms with E-state index in [4.69, 9.17) is 0 Å². The molecule has 0 bridgehead atoms. The molecule has 0 unspecified atom stereocenters. The summed E-state index contributed by atoms with van der Waals surface area (Å²) in [7, 11) is 0. The number of carbonyl (C=O) groups is 3. The molecular formula is C29H30FN3O3. The van der Waals surface area contributed by atoms with E-state index in [1.807, 2.05) is 49.4 Å². The van der Waals surface area contributed by atoms with Gasteiger partial charge in [-0.15, -0.1) is 0 Å². The fraction of sp³-hybridized carbons (Fsp3) is 0.276. The number of carbonyl (C=O) groups excluding carboxylic acids is 3. The Morgan fingerprint density at radius 1 is 0.917 bits per heavy atom. The van der Waals surface area contributed by atoms with E-state index in [0.29, 0.717) is 5.56 Å². The average molecular weight is 488 g/mol. The van der Waals surface area contributed by atoms with Gasteiger partial charge in [-0.3, -0.25) is 19.3 Å². The Balaban J connectivity index is 1.79. The van der Waals surface area contributed by atoms with Gasteiger partial charge in [-0.2, -0.15) is 0 Å². The Kier molecular flexibility index (Phi) is 7.48. The molecule has 0 radical (unpaired) electrons. The van der Waals surface area contributed by atoms with Crippen LogP contribution in [-0.4, -0.2) is 41.2 Å². The van der Waals surface area contributed by atoms with Crippen LogP contribution in [0, 0.1) is 12.7 Å². The summed E-state index contributed by atoms with van der Waals surface area (Å²) >= 11 is 0. The maximum atomic E-state index is 15.2. The van der Waals surface area contributed by atoms with Crippen molar-refractivity contribution in [3.63, 3.8) is 0 Å². The SMILES string of the molecule is CC(=O)N1CCC(C(=O)NCc2ccccc2)(N(C(=O)c2ccc(C)cc2)c2ccccc2F)CC1. The number of nitrogens with zero attached hydrogens (tertiary/aromatic N) is 2. The number of piperidine rings is 1. The molecule has 1 fully saturated rings. The molecule has 186 valence electrons. The molecule has 6 nitrogen and oxygen atoms in total. The lowest BCUT2D eigenvalue weighted by molar-refractivity contribution is -0.135. The predicted molar refractivity (Wildman–Crippen MR) is 137 cm³/mol. The van der Waals surface area contributed by atoms with Gasteiger partial charge >= 0.3 is 0 Å². The lowest BCUT2D eigenvalue weighted by Gasteiger charge is -2.47. The van der Waals surface area contributed by atoms with Crippen molar-refractivity contribution >= 4 is 23.4 Å². The fourth-order valence-corrected chi connectivity index (χ4v) is 4.68. The number of amides is 3. The van der Waals surface area contributed by atoms with Gasteiger partial charge in [0.1, 0.15) is 11.4 Å². The first-order chi connectivity index (χ1) is 17.3. The predicted octanol–water partition coefficient (Wildman–Crippen LogP) is 4.48. The maximum absolute atomic E-state index is 15.2. The highest BCUT2D eigenvalue weighted by Gasteiger charge is 2.50. The number of nitrogens with one attached hydrogen (secondary N) is 1. The summed E-state index contributed by atoms with van der Waals surface area (Å²) in [5.41, 5.74) is 0.895. The Morgan fingerprint density at radius 3 is 2.14 bits per heavy atom. The summed E-state index contributed by atoms with van der Waals surface area (Å²) in [6.07, 6.45) is 0.359. The summed E-state index contributed by atoms with van der Waals surface area (Å²) in [6.45, 7) is 4.22. The molecule has 4 rings (SSSR count). The van der Waals surface area contributed by atoms with Crippen molar-refractivity contribution in [2.45, 2.75) is 38.8 Å². The van der Waals surface area contributed by atoms with Crippen molar-refractivity contribution in [3.8, 4) is 0 Å². The van der Waals surface area contributed by atoms with Gasteiger partial charge in [0.25, 0.3) is 5.91 Å². The largest absolute Gasteiger partial charge is 0.350 e. The van der Waals surface area contributed by atoms with Crippen molar-refractivity contribution in [1.29, 1.82) is 0 Å². The number of hydrogen-bond donors (Lipinski definition) is 1. The molecule has 3 aromatic rings. The van der Waals surface area contributed by atoms with Gasteiger partial charge in [-0.1, -0.05) is 60.2 Å². The van der Waals surface area contributed by atoms with Crippen LogP contribution in [-0.2, 0) is 16.1 Å². The van der Waals surface area contributed by atoms with Crippen LogP contribution < -0.4 is 10.2 Å². The van der Waals surface area contributed by atoms with Gasteiger partial charge in [-0.25, -0.2) is 4.39 Å². The van der Waals surface area contributed by atoms with Gasteiger partial charge in [0.05, 0.1) is 5.69 Å². The lowest BCUT2D eigenvalue weighted by atomic mass is 9.83. The Morgan fingerprint density at radius 2 is 1.53 bits per heavy atom. The summed E-state index contributed by atoms with van der Waals surface area (Å²) in [4.78, 5) is 43.0. The highest BCUT2D eigenvalue weighted by molar-refractivity contribution is 6.11. The summed E-state index contributed by atoms with van der Waals surface area (Å²) in [5, 5.41) is 2.98. The third-order valence-corrected chi connectivity index (χ3v) is 6.78. The zero-order valence-electron chi connectivity index (χ0n) is 20.5. The van der Waals surface area contributed by atoms with E-state index in [9.17, 15) is 14.4 Å². The molecule has 36 heavy (non-hydrogen) atoms. The zero-order valence-corrected chi connectivity index (χ0v) is 20.5. The minimum absolute atomic E-state index is 0.0363. The normalized spacial score (nSPS) is 14.7. The molecular weight excluding hydrogens is 457 g/mol. The summed E-state index contributed by atoms with van der Waals surface area (Å²) in [6, 6.07) is 22.5. The second kappa shape index (κ2) is 10.7. The number of likely N-dealkylation sites (tertiary alicyclic amines) is 1. The highest BCUT2D eigenvalue weighted by atomic mass is 19.1. The minimum Gasteiger partial charge on any atom is -0.350 e. The van der Waals surface area contributed by atoms with E-state index in [2.05, 4.69) is 5.32 Å². The van der Waals surface area contributed by atoms with Crippen LogP contribution in [0.25, 0.3) is 0 Å². The van der Waals surface area contributed by atoms with Crippen molar-refractivity contribution in [2.75, 3.05) is 18.0 Å². The number of para-hydroxylation sites is 1. The van der Waals surface area contributed by atoms with Crippen molar-refractivity contribution in [2.24, 2.45) is 0 Å². The molecule has 0 atom stereocenters. The van der Waals surface area contributed by atoms with E-state index in [1.54, 1.807) is 29.2 Å². The molecule has 0 aromatic heterocycles. The van der Waals surface area contributed by atoms with Gasteiger partial charge in [-0.05, 0) is 49.6 Å². The van der Waals surface area contributed by atoms with Crippen molar-refractivity contribution in [1.82, 2.24) is 10.2 Å². The molecule has 1 aliphatic heterocycles. The molecule has 0 aliphatic carbocycles. The highest BCUT2D eigenvalue weighted by Crippen LogP contribution is 2.37. The van der Waals surface area contributed by atoms with E-state index in [1.165, 1.54) is 24.0 Å². The topological polar surface area (TPSA) is 69.7 Å². The first-order valence-electron chi connectivity index (χ1n) is 12.1. The first kappa shape index (κ1) is 25.1. The van der Waals surface area contributed by atoms with Crippen LogP contribution >= 0.6 is 0 Å². The second-order valence-corrected chi connectivity index (χ2v) is 9.16. The lowest BCUT2D eigenvalue weighted by Crippen LogP contribution is -2.65. The van der Waals surface area contributed by atoms with Crippen LogP contribution in [0.15, 0.2) is 78.9 Å². The Labute approximate surface area is 210 Å². The third kappa shape index (κ3) is 5.15. The molecule has 0 spiro atoms. The van der Waals surface area contributed by atoms with Crippen LogP contribution in [0.1, 0.15) is 41.3 Å². The standard InChI is InChI=1S/C29H30FN3O3/c1-21-12-14-24(15-13-21)27(35)33(26-11-7-6-10-25(26)30)29(16-18-32(19-17-29)22(2)34)28(36)31-20-23-8-4-3-5-9-23/h3-15H,16-20H2,1-2H3,(H,31,36). The Hall–Kier alpha value is -4.00. The van der Waals surface area contributed by atoms with Crippen molar-refractivity contribution < 1.29 is 18.8 Å². The van der Waals surface area contributed by atoms with E-state index < -0.39 is 17.3 Å². The number of benzene rings is 3. The molecule has 0 saturated carbocycles. The quantitative estimate of drug-likeness (QED) is 0.558. The van der Waals surface area contributed by atoms with Gasteiger partial charge in [0, 0.05) is 32.1 Å². The molecule has 1 aliphatic rings. The monoisotopic (exact) mass is 487 g/mol. The number of rotatable bonds is 6. The molecule has 1 heterocycles. The average Bonchev–Trinajstić information content (AvgIpc) is 2.89. The minimum atomic E-state index is -1.38. The number of aryl methyl sites for hydroxylation is 1. The number of halogens is 1. The molecule has 7 heteroatoms. The fourth-order valence-electron chi connectivity index (χ4n) is 4.68. The Bertz CT molecular complexity index is 1240. The van der Waals surface area contributed by atoms with Crippen molar-refractivity contribution in [3.05, 3.63) is 101 Å². The van der Waals surface area contributed by atoms with E-state index in [-0.39, 0.29) is 50.0 Å². The molecule has 1 N–H and O–H groups in total. The number of anilines is 1. The first-order valence-corrected chi connectivity index (χ1v) is 12.1. The summed E-state index contributed by atoms with van der Waals surface area (Å²) in [5.74, 6) is -1.54. The van der Waals surface area contributed by atoms with Crippen LogP contribution in [0.5, 0.6) is 0 Å². The van der Waals surface area contributed by atoms with E-state index in [0.717, 1.165) is 11.1 Å². The molecule has 1 saturated heterocycles. The van der Waals surface area contributed by atoms with Gasteiger partial charge < -0.3 is 10.2 Å². The van der Waals surface area contributed by atoms with Crippen LogP contribution in [0.2, 0.25) is 0 Å². The maximum Gasteiger partial charge on any atom is 0.259 e. The van der Waals surface area contributed by atoms with Crippen LogP contribution in [0.3, 0.4) is 0 Å². The molecule has 3 aromatic carbocycles. The summed E-state index contributed by atoms with van der Waals surface area (Å²) < 4.78 is 15.2. The van der Waals surface area contributed by atoms with Gasteiger partial charge in [0.15, 0.2) is 0 Å².